The fourth-order valence-electron chi connectivity index (χ4n) is 1.23. The highest BCUT2D eigenvalue weighted by Gasteiger charge is 2.32. The van der Waals surface area contributed by atoms with Gasteiger partial charge in [0.1, 0.15) is 5.82 Å². The summed E-state index contributed by atoms with van der Waals surface area (Å²) in [6.45, 7) is 1.44. The van der Waals surface area contributed by atoms with Gasteiger partial charge in [-0.2, -0.15) is 13.2 Å². The molecule has 0 aliphatic heterocycles. The molecule has 1 unspecified atom stereocenters. The molecule has 16 heavy (non-hydrogen) atoms. The summed E-state index contributed by atoms with van der Waals surface area (Å²) in [6, 6.07) is 2.21. The van der Waals surface area contributed by atoms with Gasteiger partial charge >= 0.3 is 6.18 Å². The molecule has 0 aromatic heterocycles. The van der Waals surface area contributed by atoms with Crippen LogP contribution in [0.2, 0.25) is 5.02 Å². The molecule has 0 amide bonds. The Hall–Kier alpha value is -0.480. The van der Waals surface area contributed by atoms with Gasteiger partial charge in [0.15, 0.2) is 0 Å². The van der Waals surface area contributed by atoms with E-state index in [1.165, 1.54) is 13.0 Å². The minimum absolute atomic E-state index is 0.0904. The Morgan fingerprint density at radius 1 is 1.31 bits per heavy atom. The van der Waals surface area contributed by atoms with Crippen molar-refractivity contribution in [2.45, 2.75) is 24.9 Å². The van der Waals surface area contributed by atoms with Crippen LogP contribution >= 0.6 is 23.2 Å². The zero-order valence-electron chi connectivity index (χ0n) is 8.21. The molecule has 6 heteroatoms. The van der Waals surface area contributed by atoms with Crippen molar-refractivity contribution in [1.82, 2.24) is 0 Å². The standard InChI is InChI=1S/C10H8Cl2F4/c1-5-2-6(7(11)3-9(5)13)8(12)4-10(14,15)16/h2-3,8H,4H2,1H3. The third kappa shape index (κ3) is 3.52. The van der Waals surface area contributed by atoms with E-state index >= 15 is 0 Å². The van der Waals surface area contributed by atoms with E-state index in [4.69, 9.17) is 23.2 Å². The van der Waals surface area contributed by atoms with Gasteiger partial charge in [-0.05, 0) is 24.1 Å². The number of hydrogen-bond acceptors (Lipinski definition) is 0. The maximum Gasteiger partial charge on any atom is 0.390 e. The summed E-state index contributed by atoms with van der Waals surface area (Å²) in [6.07, 6.45) is -5.57. The van der Waals surface area contributed by atoms with Crippen molar-refractivity contribution in [1.29, 1.82) is 0 Å². The van der Waals surface area contributed by atoms with Crippen LogP contribution in [0.25, 0.3) is 0 Å². The Kier molecular flexibility index (Phi) is 4.07. The summed E-state index contributed by atoms with van der Waals surface area (Å²) in [5, 5.41) is -1.39. The van der Waals surface area contributed by atoms with Crippen molar-refractivity contribution in [3.63, 3.8) is 0 Å². The number of alkyl halides is 4. The number of hydrogen-bond donors (Lipinski definition) is 0. The fraction of sp³-hybridized carbons (Fsp3) is 0.400. The predicted molar refractivity (Wildman–Crippen MR) is 55.4 cm³/mol. The van der Waals surface area contributed by atoms with Crippen LogP contribution in [0, 0.1) is 12.7 Å². The van der Waals surface area contributed by atoms with Gasteiger partial charge in [0.05, 0.1) is 11.8 Å². The minimum atomic E-state index is -4.38. The van der Waals surface area contributed by atoms with Gasteiger partial charge < -0.3 is 0 Å². The van der Waals surface area contributed by atoms with Crippen LogP contribution in [-0.2, 0) is 0 Å². The molecule has 0 saturated carbocycles. The molecule has 0 heterocycles. The molecule has 0 saturated heterocycles. The van der Waals surface area contributed by atoms with Gasteiger partial charge in [-0.15, -0.1) is 11.6 Å². The maximum absolute atomic E-state index is 13.0. The molecule has 0 aliphatic rings. The number of rotatable bonds is 2. The largest absolute Gasteiger partial charge is 0.390 e. The topological polar surface area (TPSA) is 0 Å². The second kappa shape index (κ2) is 4.80. The number of halogens is 6. The van der Waals surface area contributed by atoms with Crippen LogP contribution in [0.1, 0.15) is 22.9 Å². The monoisotopic (exact) mass is 274 g/mol. The highest BCUT2D eigenvalue weighted by Crippen LogP contribution is 2.37. The molecule has 0 nitrogen and oxygen atoms in total. The van der Waals surface area contributed by atoms with E-state index < -0.39 is 23.8 Å². The fourth-order valence-corrected chi connectivity index (χ4v) is 1.93. The van der Waals surface area contributed by atoms with E-state index in [0.717, 1.165) is 6.07 Å². The Morgan fingerprint density at radius 3 is 2.38 bits per heavy atom. The molecular weight excluding hydrogens is 267 g/mol. The normalized spacial score (nSPS) is 13.9. The molecule has 90 valence electrons. The lowest BCUT2D eigenvalue weighted by atomic mass is 10.1. The van der Waals surface area contributed by atoms with E-state index in [-0.39, 0.29) is 16.1 Å². The Bertz CT molecular complexity index is 387. The van der Waals surface area contributed by atoms with Crippen molar-refractivity contribution < 1.29 is 17.6 Å². The van der Waals surface area contributed by atoms with Crippen LogP contribution in [0.5, 0.6) is 0 Å². The van der Waals surface area contributed by atoms with E-state index in [2.05, 4.69) is 0 Å². The summed E-state index contributed by atoms with van der Waals surface area (Å²) < 4.78 is 49.3. The Balaban J connectivity index is 3.00. The summed E-state index contributed by atoms with van der Waals surface area (Å²) in [5.41, 5.74) is 0.312. The molecule has 0 spiro atoms. The average Bonchev–Trinajstić information content (AvgIpc) is 2.08. The quantitative estimate of drug-likeness (QED) is 0.525. The first kappa shape index (κ1) is 13.6. The SMILES string of the molecule is Cc1cc(C(Cl)CC(F)(F)F)c(Cl)cc1F. The molecule has 1 rings (SSSR count). The molecule has 0 radical (unpaired) electrons. The Morgan fingerprint density at radius 2 is 1.88 bits per heavy atom. The van der Waals surface area contributed by atoms with E-state index in [1.54, 1.807) is 0 Å². The van der Waals surface area contributed by atoms with Crippen LogP contribution in [0.15, 0.2) is 12.1 Å². The molecule has 0 aliphatic carbocycles. The van der Waals surface area contributed by atoms with Gasteiger partial charge in [0.25, 0.3) is 0 Å². The average molecular weight is 275 g/mol. The molecule has 0 fully saturated rings. The van der Waals surface area contributed by atoms with Crippen LogP contribution in [-0.4, -0.2) is 6.18 Å². The summed E-state index contributed by atoms with van der Waals surface area (Å²) in [4.78, 5) is 0. The first-order valence-corrected chi connectivity index (χ1v) is 5.18. The highest BCUT2D eigenvalue weighted by atomic mass is 35.5. The lowest BCUT2D eigenvalue weighted by Crippen LogP contribution is -2.11. The van der Waals surface area contributed by atoms with E-state index in [9.17, 15) is 17.6 Å². The predicted octanol–water partition coefficient (Wildman–Crippen LogP) is 5.02. The molecule has 1 aromatic rings. The van der Waals surface area contributed by atoms with Crippen molar-refractivity contribution in [2.75, 3.05) is 0 Å². The van der Waals surface area contributed by atoms with Gasteiger partial charge in [-0.25, -0.2) is 4.39 Å². The summed E-state index contributed by atoms with van der Waals surface area (Å²) in [7, 11) is 0. The van der Waals surface area contributed by atoms with Crippen molar-refractivity contribution >= 4 is 23.2 Å². The second-order valence-electron chi connectivity index (χ2n) is 3.41. The smallest absolute Gasteiger partial charge is 0.207 e. The van der Waals surface area contributed by atoms with Crippen molar-refractivity contribution in [2.24, 2.45) is 0 Å². The first-order chi connectivity index (χ1) is 7.20. The lowest BCUT2D eigenvalue weighted by Gasteiger charge is -2.14. The van der Waals surface area contributed by atoms with Gasteiger partial charge in [0, 0.05) is 5.02 Å². The molecule has 0 bridgehead atoms. The lowest BCUT2D eigenvalue weighted by molar-refractivity contribution is -0.134. The highest BCUT2D eigenvalue weighted by molar-refractivity contribution is 6.32. The molecule has 1 atom stereocenters. The third-order valence-electron chi connectivity index (χ3n) is 2.03. The first-order valence-electron chi connectivity index (χ1n) is 4.37. The number of aryl methyl sites for hydroxylation is 1. The second-order valence-corrected chi connectivity index (χ2v) is 4.34. The van der Waals surface area contributed by atoms with Crippen molar-refractivity contribution in [3.8, 4) is 0 Å². The van der Waals surface area contributed by atoms with Crippen LogP contribution in [0.3, 0.4) is 0 Å². The van der Waals surface area contributed by atoms with Crippen molar-refractivity contribution in [3.05, 3.63) is 34.1 Å². The van der Waals surface area contributed by atoms with E-state index in [0.29, 0.717) is 0 Å². The molecular formula is C10H8Cl2F4. The van der Waals surface area contributed by atoms with Gasteiger partial charge in [0.2, 0.25) is 0 Å². The third-order valence-corrected chi connectivity index (χ3v) is 2.74. The van der Waals surface area contributed by atoms with Crippen LogP contribution in [0.4, 0.5) is 17.6 Å². The van der Waals surface area contributed by atoms with Crippen LogP contribution < -0.4 is 0 Å². The minimum Gasteiger partial charge on any atom is -0.207 e. The molecule has 1 aromatic carbocycles. The zero-order chi connectivity index (χ0) is 12.5. The van der Waals surface area contributed by atoms with E-state index in [1.807, 2.05) is 0 Å². The maximum atomic E-state index is 13.0. The number of benzene rings is 1. The summed E-state index contributed by atoms with van der Waals surface area (Å²) in [5.74, 6) is -0.565. The van der Waals surface area contributed by atoms with Gasteiger partial charge in [-0.1, -0.05) is 17.7 Å². The van der Waals surface area contributed by atoms with Gasteiger partial charge in [-0.3, -0.25) is 0 Å². The summed E-state index contributed by atoms with van der Waals surface area (Å²) >= 11 is 11.2. The zero-order valence-corrected chi connectivity index (χ0v) is 9.72. The molecule has 0 N–H and O–H groups in total. The Labute approximate surface area is 100 Å².